The fraction of sp³-hybridized carbons (Fsp3) is 0.500. The van der Waals surface area contributed by atoms with E-state index in [4.69, 9.17) is 4.55 Å². The zero-order valence-corrected chi connectivity index (χ0v) is 42.4. The van der Waals surface area contributed by atoms with Gasteiger partial charge in [-0.25, -0.2) is 12.7 Å². The second kappa shape index (κ2) is 21.3. The summed E-state index contributed by atoms with van der Waals surface area (Å²) < 4.78 is 94.5. The van der Waals surface area contributed by atoms with Crippen LogP contribution in [0.25, 0.3) is 0 Å². The Hall–Kier alpha value is -4.99. The van der Waals surface area contributed by atoms with E-state index in [-0.39, 0.29) is 43.7 Å². The molecule has 0 saturated heterocycles. The average molecular weight is 1000 g/mol. The van der Waals surface area contributed by atoms with Gasteiger partial charge in [-0.2, -0.15) is 21.4 Å². The van der Waals surface area contributed by atoms with Gasteiger partial charge in [-0.3, -0.25) is 23.5 Å². The first kappa shape index (κ1) is 54.0. The Bertz CT molecular complexity index is 2790. The number of carbonyl (C=O) groups excluding carboxylic acids is 2. The van der Waals surface area contributed by atoms with Crippen molar-refractivity contribution in [1.82, 2.24) is 14.9 Å². The molecule has 1 aliphatic carbocycles. The number of carbonyl (C=O) groups is 3. The van der Waals surface area contributed by atoms with Gasteiger partial charge in [0.2, 0.25) is 27.5 Å². The summed E-state index contributed by atoms with van der Waals surface area (Å²) in [6, 6.07) is 13.1. The summed E-state index contributed by atoms with van der Waals surface area (Å²) in [5.41, 5.74) is 3.43. The van der Waals surface area contributed by atoms with E-state index < -0.39 is 82.3 Å². The van der Waals surface area contributed by atoms with E-state index in [0.29, 0.717) is 17.7 Å². The maximum atomic E-state index is 14.0. The summed E-state index contributed by atoms with van der Waals surface area (Å²) in [5.74, 6) is -4.21. The molecular formula is C48H66N5O12S3+. The second-order valence-electron chi connectivity index (χ2n) is 18.7. The number of unbranched alkanes of at least 4 members (excludes halogenated alkanes) is 1. The zero-order valence-electron chi connectivity index (χ0n) is 39.9. The fourth-order valence-electron chi connectivity index (χ4n) is 9.21. The number of allylic oxidation sites excluding steroid dienone is 8. The largest absolute Gasteiger partial charge is 0.480 e. The minimum Gasteiger partial charge on any atom is -0.480 e. The summed E-state index contributed by atoms with van der Waals surface area (Å²) in [4.78, 5) is 41.7. The van der Waals surface area contributed by atoms with Crippen molar-refractivity contribution in [3.05, 3.63) is 101 Å². The number of anilines is 1. The Morgan fingerprint density at radius 3 is 2.12 bits per heavy atom. The number of aliphatic carboxylic acids is 1. The molecule has 5 N–H and O–H groups in total. The minimum atomic E-state index is -4.45. The molecule has 0 spiro atoms. The van der Waals surface area contributed by atoms with Crippen LogP contribution in [0.3, 0.4) is 0 Å². The van der Waals surface area contributed by atoms with E-state index in [1.54, 1.807) is 18.2 Å². The van der Waals surface area contributed by atoms with Crippen LogP contribution in [0.2, 0.25) is 0 Å². The predicted octanol–water partition coefficient (Wildman–Crippen LogP) is 5.64. The van der Waals surface area contributed by atoms with E-state index in [1.165, 1.54) is 13.1 Å². The molecule has 372 valence electrons. The molecule has 2 aromatic rings. The van der Waals surface area contributed by atoms with Gasteiger partial charge >= 0.3 is 5.97 Å². The molecule has 2 aliphatic heterocycles. The van der Waals surface area contributed by atoms with Crippen LogP contribution in [0.1, 0.15) is 97.6 Å². The number of hydrogen-bond donors (Lipinski definition) is 5. The summed E-state index contributed by atoms with van der Waals surface area (Å²) in [5, 5.41) is 15.7. The lowest BCUT2D eigenvalue weighted by Gasteiger charge is -2.33. The molecule has 5 rings (SSSR count). The molecule has 2 heterocycles. The highest BCUT2D eigenvalue weighted by atomic mass is 32.2. The first-order valence-corrected chi connectivity index (χ1v) is 27.5. The van der Waals surface area contributed by atoms with Crippen LogP contribution in [0, 0.1) is 5.41 Å². The third-order valence-corrected chi connectivity index (χ3v) is 16.2. The van der Waals surface area contributed by atoms with Gasteiger partial charge in [-0.15, -0.1) is 0 Å². The van der Waals surface area contributed by atoms with E-state index in [1.807, 2.05) is 57.2 Å². The lowest BCUT2D eigenvalue weighted by molar-refractivity contribution is -0.438. The first-order chi connectivity index (χ1) is 31.7. The Labute approximate surface area is 401 Å². The molecule has 0 aromatic heterocycles. The monoisotopic (exact) mass is 1000 g/mol. The molecule has 2 aromatic carbocycles. The third kappa shape index (κ3) is 12.2. The van der Waals surface area contributed by atoms with Gasteiger partial charge in [0, 0.05) is 80.6 Å². The number of rotatable bonds is 22. The maximum absolute atomic E-state index is 14.0. The highest BCUT2D eigenvalue weighted by Gasteiger charge is 2.49. The van der Waals surface area contributed by atoms with Crippen LogP contribution in [-0.4, -0.2) is 123 Å². The van der Waals surface area contributed by atoms with E-state index in [9.17, 15) is 49.3 Å². The van der Waals surface area contributed by atoms with Crippen molar-refractivity contribution in [2.75, 3.05) is 56.2 Å². The van der Waals surface area contributed by atoms with Crippen LogP contribution < -0.4 is 15.5 Å². The number of benzene rings is 2. The summed E-state index contributed by atoms with van der Waals surface area (Å²) in [6.45, 7) is 12.9. The van der Waals surface area contributed by atoms with Crippen molar-refractivity contribution < 1.29 is 58.4 Å². The van der Waals surface area contributed by atoms with Gasteiger partial charge in [0.1, 0.15) is 6.54 Å². The van der Waals surface area contributed by atoms with E-state index >= 15 is 0 Å². The fourth-order valence-corrected chi connectivity index (χ4v) is 11.2. The normalized spacial score (nSPS) is 20.3. The highest BCUT2D eigenvalue weighted by molar-refractivity contribution is 7.89. The molecule has 68 heavy (non-hydrogen) atoms. The van der Waals surface area contributed by atoms with Crippen LogP contribution in [-0.2, 0) is 55.5 Å². The van der Waals surface area contributed by atoms with Crippen molar-refractivity contribution in [1.29, 1.82) is 0 Å². The number of hydrogen-bond acceptors (Lipinski definition) is 10. The number of sulfonamides is 1. The van der Waals surface area contributed by atoms with Crippen LogP contribution in [0.4, 0.5) is 11.4 Å². The highest BCUT2D eigenvalue weighted by Crippen LogP contribution is 2.49. The molecule has 0 bridgehead atoms. The number of nitrogens with one attached hydrogen (secondary N) is 2. The first-order valence-electron chi connectivity index (χ1n) is 22.8. The molecule has 0 fully saturated rings. The Balaban J connectivity index is 1.52. The zero-order chi connectivity index (χ0) is 50.5. The topological polar surface area (TPSA) is 248 Å². The van der Waals surface area contributed by atoms with E-state index in [0.717, 1.165) is 64.0 Å². The lowest BCUT2D eigenvalue weighted by atomic mass is 9.71. The van der Waals surface area contributed by atoms with Crippen molar-refractivity contribution in [3.63, 3.8) is 0 Å². The number of nitrogens with zero attached hydrogens (tertiary/aromatic N) is 3. The minimum absolute atomic E-state index is 0.00182. The van der Waals surface area contributed by atoms with Crippen LogP contribution in [0.15, 0.2) is 94.6 Å². The van der Waals surface area contributed by atoms with Crippen molar-refractivity contribution in [3.8, 4) is 0 Å². The van der Waals surface area contributed by atoms with Crippen molar-refractivity contribution >= 4 is 65.1 Å². The predicted molar refractivity (Wildman–Crippen MR) is 262 cm³/mol. The molecule has 2 amide bonds. The quantitative estimate of drug-likeness (QED) is 0.0546. The number of carboxylic acids is 1. The van der Waals surface area contributed by atoms with Crippen LogP contribution in [0.5, 0.6) is 0 Å². The van der Waals surface area contributed by atoms with Gasteiger partial charge in [0.05, 0.1) is 21.8 Å². The van der Waals surface area contributed by atoms with Gasteiger partial charge < -0.3 is 20.6 Å². The smallest absolute Gasteiger partial charge is 0.319 e. The molecule has 0 radical (unpaired) electrons. The summed E-state index contributed by atoms with van der Waals surface area (Å²) in [6.07, 6.45) is 11.7. The Kier molecular flexibility index (Phi) is 16.9. The second-order valence-corrected chi connectivity index (χ2v) is 23.9. The van der Waals surface area contributed by atoms with Crippen LogP contribution >= 0.6 is 0 Å². The summed E-state index contributed by atoms with van der Waals surface area (Å²) >= 11 is 0. The third-order valence-electron chi connectivity index (χ3n) is 12.9. The maximum Gasteiger partial charge on any atom is 0.319 e. The van der Waals surface area contributed by atoms with Crippen molar-refractivity contribution in [2.24, 2.45) is 5.41 Å². The number of carboxylic acid groups (broad SMARTS) is 1. The van der Waals surface area contributed by atoms with E-state index in [2.05, 4.69) is 53.0 Å². The van der Waals surface area contributed by atoms with Gasteiger partial charge in [-0.05, 0) is 80.5 Å². The molecular weight excluding hydrogens is 935 g/mol. The molecule has 0 saturated carbocycles. The SMILES string of the molecule is CCCC[N+]1=C(/C=C/C2=CC(=C/C=C3/N(CCC)c4ccc(S(=O)(=O)N(C)CCCC(=O)NCCS(=O)(=O)O)cc4C3(C)C)/CC(C(=O)O)(C(=O)NCCS(=O)(=O)O)C2)C(C)(C)c2ccccc21. The lowest BCUT2D eigenvalue weighted by Crippen LogP contribution is -2.49. The number of fused-ring (bicyclic) bond motifs is 2. The standard InChI is InChI=1S/C48H65N5O12S3/c1-8-10-27-53-39-15-12-11-14-37(39)46(3,4)41(53)21-17-34-30-35(33-48(32-34,45(56)57)44(55)50-24-29-67(61,62)63)18-22-42-47(5,6)38-31-36(19-20-40(38)52(42)25-9-2)68(64,65)51(7)26-13-16-43(54)49-23-28-66(58,59)60/h11-12,14-15,17-22,30-31H,8-10,13,16,23-29,32-33H2,1-7H3,(H4-,49,50,54,55,56,57,58,59,60,61,62,63)/p+1. The molecule has 20 heteroatoms. The molecule has 3 aliphatic rings. The molecule has 1 atom stereocenters. The molecule has 17 nitrogen and oxygen atoms in total. The summed E-state index contributed by atoms with van der Waals surface area (Å²) in [7, 11) is -11.3. The Morgan fingerprint density at radius 2 is 1.49 bits per heavy atom. The van der Waals surface area contributed by atoms with Gasteiger partial charge in [0.25, 0.3) is 20.2 Å². The average Bonchev–Trinajstić information content (AvgIpc) is 3.60. The number of amides is 2. The van der Waals surface area contributed by atoms with Crippen molar-refractivity contribution in [2.45, 2.75) is 102 Å². The number of para-hydroxylation sites is 1. The molecule has 1 unspecified atom stereocenters. The Morgan fingerprint density at radius 1 is 0.824 bits per heavy atom. The van der Waals surface area contributed by atoms with Gasteiger partial charge in [-0.1, -0.05) is 70.5 Å². The van der Waals surface area contributed by atoms with Gasteiger partial charge in [0.15, 0.2) is 11.1 Å².